The molecule has 0 saturated carbocycles. The maximum Gasteiger partial charge on any atom is 0.0722 e. The third-order valence-electron chi connectivity index (χ3n) is 2.55. The molecule has 0 spiro atoms. The van der Waals surface area contributed by atoms with Gasteiger partial charge in [-0.3, -0.25) is 0 Å². The summed E-state index contributed by atoms with van der Waals surface area (Å²) in [5.74, 6) is 0. The Morgan fingerprint density at radius 1 is 1.00 bits per heavy atom. The smallest absolute Gasteiger partial charge is 0.0722 e. The summed E-state index contributed by atoms with van der Waals surface area (Å²) in [5.41, 5.74) is 0.601. The third kappa shape index (κ3) is 6.29. The molecule has 0 saturated heterocycles. The third-order valence-corrected chi connectivity index (χ3v) is 4.00. The highest BCUT2D eigenvalue weighted by Gasteiger charge is 2.11. The maximum atomic E-state index is 10.9. The van der Waals surface area contributed by atoms with Gasteiger partial charge in [0, 0.05) is 18.9 Å². The molecule has 0 N–H and O–H groups in total. The lowest BCUT2D eigenvalue weighted by molar-refractivity contribution is -0.316. The van der Waals surface area contributed by atoms with E-state index in [0.29, 0.717) is 6.61 Å². The van der Waals surface area contributed by atoms with Crippen LogP contribution in [0.5, 0.6) is 0 Å². The van der Waals surface area contributed by atoms with Crippen molar-refractivity contribution in [2.24, 2.45) is 0 Å². The molecule has 7 nitrogen and oxygen atoms in total. The van der Waals surface area contributed by atoms with Gasteiger partial charge in [-0.25, -0.2) is 0 Å². The van der Waals surface area contributed by atoms with E-state index in [9.17, 15) is 28.7 Å². The van der Waals surface area contributed by atoms with Crippen LogP contribution >= 0.6 is 15.2 Å². The lowest BCUT2D eigenvalue weighted by atomic mass is 10.0. The molecular formula is C11H14O7P2-4. The highest BCUT2D eigenvalue weighted by molar-refractivity contribution is 7.48. The maximum absolute atomic E-state index is 10.9. The van der Waals surface area contributed by atoms with E-state index in [0.717, 1.165) is 0 Å². The topological polar surface area (TPSA) is 136 Å². The first-order chi connectivity index (χ1) is 9.12. The molecular weight excluding hydrogens is 306 g/mol. The summed E-state index contributed by atoms with van der Waals surface area (Å²) in [6, 6.07) is 4.22. The summed E-state index contributed by atoms with van der Waals surface area (Å²) < 4.78 is 26.9. The van der Waals surface area contributed by atoms with Crippen molar-refractivity contribution < 1.29 is 33.4 Å². The van der Waals surface area contributed by atoms with E-state index >= 15 is 0 Å². The predicted molar refractivity (Wildman–Crippen MR) is 64.4 cm³/mol. The standard InChI is InChI=1S/C11H18O7P2/c1-2-18-6-11-9(7-19(12,13)14)4-3-5-10(11)8-20(15,16)17/h3-5H,2,6-8H2,1H3,(H2,12,13,14)(H2,15,16,17)/p-4. The fourth-order valence-electron chi connectivity index (χ4n) is 1.79. The second-order valence-corrected chi connectivity index (χ2v) is 7.31. The summed E-state index contributed by atoms with van der Waals surface area (Å²) >= 11 is 0. The first-order valence-corrected chi connectivity index (χ1v) is 9.27. The van der Waals surface area contributed by atoms with Gasteiger partial charge in [0.25, 0.3) is 0 Å². The van der Waals surface area contributed by atoms with Crippen LogP contribution in [-0.4, -0.2) is 6.61 Å². The van der Waals surface area contributed by atoms with E-state index in [-0.39, 0.29) is 23.3 Å². The molecule has 9 heteroatoms. The summed E-state index contributed by atoms with van der Waals surface area (Å²) in [6.07, 6.45) is -1.49. The number of benzene rings is 1. The average Bonchev–Trinajstić information content (AvgIpc) is 2.24. The van der Waals surface area contributed by atoms with E-state index in [1.54, 1.807) is 6.92 Å². The summed E-state index contributed by atoms with van der Waals surface area (Å²) in [4.78, 5) is 43.5. The Hall–Kier alpha value is -0.520. The SMILES string of the molecule is CCOCc1c(CP(=O)([O-])[O-])cccc1CP(=O)([O-])[O-]. The minimum Gasteiger partial charge on any atom is -0.810 e. The van der Waals surface area contributed by atoms with Crippen LogP contribution < -0.4 is 19.6 Å². The van der Waals surface area contributed by atoms with Gasteiger partial charge in [-0.15, -0.1) is 0 Å². The molecule has 1 aromatic carbocycles. The Morgan fingerprint density at radius 3 is 1.80 bits per heavy atom. The molecule has 1 aromatic rings. The molecule has 0 aliphatic carbocycles. The zero-order valence-corrected chi connectivity index (χ0v) is 12.6. The first kappa shape index (κ1) is 17.5. The second kappa shape index (κ2) is 6.96. The normalized spacial score (nSPS) is 12.7. The lowest BCUT2D eigenvalue weighted by Gasteiger charge is -2.33. The molecule has 0 aliphatic heterocycles. The fraction of sp³-hybridized carbons (Fsp3) is 0.455. The van der Waals surface area contributed by atoms with Gasteiger partial charge in [-0.1, -0.05) is 33.4 Å². The van der Waals surface area contributed by atoms with E-state index in [1.165, 1.54) is 18.2 Å². The van der Waals surface area contributed by atoms with Crippen molar-refractivity contribution >= 4 is 15.2 Å². The van der Waals surface area contributed by atoms with Crippen LogP contribution in [0.1, 0.15) is 23.6 Å². The van der Waals surface area contributed by atoms with Crippen LogP contribution in [0.2, 0.25) is 0 Å². The largest absolute Gasteiger partial charge is 0.810 e. The van der Waals surface area contributed by atoms with Gasteiger partial charge in [0.2, 0.25) is 0 Å². The van der Waals surface area contributed by atoms with Crippen molar-refractivity contribution in [3.63, 3.8) is 0 Å². The van der Waals surface area contributed by atoms with Gasteiger partial charge in [-0.2, -0.15) is 0 Å². The first-order valence-electron chi connectivity index (χ1n) is 5.82. The number of ether oxygens (including phenoxy) is 1. The molecule has 114 valence electrons. The van der Waals surface area contributed by atoms with Gasteiger partial charge >= 0.3 is 0 Å². The molecule has 1 rings (SSSR count). The van der Waals surface area contributed by atoms with E-state index < -0.39 is 27.5 Å². The minimum absolute atomic E-state index is 0.0536. The van der Waals surface area contributed by atoms with E-state index in [1.807, 2.05) is 0 Å². The quantitative estimate of drug-likeness (QED) is 0.591. The molecule has 0 bridgehead atoms. The molecule has 0 heterocycles. The Balaban J connectivity index is 3.19. The fourth-order valence-corrected chi connectivity index (χ4v) is 3.22. The molecule has 0 aliphatic rings. The van der Waals surface area contributed by atoms with Crippen molar-refractivity contribution in [1.82, 2.24) is 0 Å². The van der Waals surface area contributed by atoms with Crippen LogP contribution in [0.3, 0.4) is 0 Å². The van der Waals surface area contributed by atoms with Crippen LogP contribution in [0.25, 0.3) is 0 Å². The van der Waals surface area contributed by atoms with Crippen molar-refractivity contribution in [2.45, 2.75) is 25.9 Å². The molecule has 0 atom stereocenters. The zero-order chi connectivity index (χ0) is 15.4. The number of hydrogen-bond donors (Lipinski definition) is 0. The summed E-state index contributed by atoms with van der Waals surface area (Å²) in [6.45, 7) is 1.98. The van der Waals surface area contributed by atoms with E-state index in [4.69, 9.17) is 4.74 Å². The number of hydrogen-bond acceptors (Lipinski definition) is 7. The van der Waals surface area contributed by atoms with Crippen LogP contribution in [0.4, 0.5) is 0 Å². The molecule has 0 amide bonds. The Labute approximate surface area is 116 Å². The van der Waals surface area contributed by atoms with Crippen molar-refractivity contribution in [3.05, 3.63) is 34.9 Å². The Kier molecular flexibility index (Phi) is 6.10. The minimum atomic E-state index is -4.80. The molecule has 20 heavy (non-hydrogen) atoms. The van der Waals surface area contributed by atoms with E-state index in [2.05, 4.69) is 0 Å². The van der Waals surface area contributed by atoms with Crippen molar-refractivity contribution in [1.29, 1.82) is 0 Å². The summed E-state index contributed by atoms with van der Waals surface area (Å²) in [7, 11) is -9.60. The second-order valence-electron chi connectivity index (χ2n) is 4.23. The molecule has 0 fully saturated rings. The van der Waals surface area contributed by atoms with Gasteiger partial charge < -0.3 is 33.4 Å². The van der Waals surface area contributed by atoms with Gasteiger partial charge in [0.1, 0.15) is 0 Å². The number of rotatable bonds is 7. The van der Waals surface area contributed by atoms with Crippen molar-refractivity contribution in [2.75, 3.05) is 6.61 Å². The molecule has 0 aromatic heterocycles. The van der Waals surface area contributed by atoms with Crippen LogP contribution in [0.15, 0.2) is 18.2 Å². The zero-order valence-electron chi connectivity index (χ0n) is 10.8. The predicted octanol–water partition coefficient (Wildman–Crippen LogP) is -0.949. The average molecular weight is 320 g/mol. The van der Waals surface area contributed by atoms with Crippen LogP contribution in [0, 0.1) is 0 Å². The highest BCUT2D eigenvalue weighted by Crippen LogP contribution is 2.36. The van der Waals surface area contributed by atoms with Gasteiger partial charge in [0.15, 0.2) is 0 Å². The van der Waals surface area contributed by atoms with Gasteiger partial charge in [0.05, 0.1) is 6.61 Å². The Bertz CT molecular complexity index is 503. The lowest BCUT2D eigenvalue weighted by Crippen LogP contribution is -2.18. The summed E-state index contributed by atoms with van der Waals surface area (Å²) in [5, 5.41) is 0. The molecule has 0 radical (unpaired) electrons. The van der Waals surface area contributed by atoms with Crippen molar-refractivity contribution in [3.8, 4) is 0 Å². The Morgan fingerprint density at radius 2 is 1.45 bits per heavy atom. The van der Waals surface area contributed by atoms with Gasteiger partial charge in [-0.05, 0) is 23.6 Å². The molecule has 0 unspecified atom stereocenters. The monoisotopic (exact) mass is 320 g/mol. The van der Waals surface area contributed by atoms with Crippen LogP contribution in [-0.2, 0) is 32.8 Å². The highest BCUT2D eigenvalue weighted by atomic mass is 31.2.